The number of ether oxygens (including phenoxy) is 1. The summed E-state index contributed by atoms with van der Waals surface area (Å²) in [6.07, 6.45) is 2.47. The van der Waals surface area contributed by atoms with Crippen LogP contribution >= 0.6 is 0 Å². The highest BCUT2D eigenvalue weighted by atomic mass is 32.2. The third-order valence-electron chi connectivity index (χ3n) is 5.39. The number of nitrogens with one attached hydrogen (secondary N) is 1. The van der Waals surface area contributed by atoms with Crippen molar-refractivity contribution in [3.05, 3.63) is 24.3 Å². The Morgan fingerprint density at radius 3 is 2.38 bits per heavy atom. The predicted octanol–water partition coefficient (Wildman–Crippen LogP) is 1.37. The fourth-order valence-electron chi connectivity index (χ4n) is 3.63. The molecule has 29 heavy (non-hydrogen) atoms. The van der Waals surface area contributed by atoms with Crippen molar-refractivity contribution in [2.75, 3.05) is 43.3 Å². The molecule has 1 N–H and O–H groups in total. The summed E-state index contributed by atoms with van der Waals surface area (Å²) in [5, 5.41) is 0. The highest BCUT2D eigenvalue weighted by Crippen LogP contribution is 2.25. The van der Waals surface area contributed by atoms with Gasteiger partial charge in [0.1, 0.15) is 0 Å². The Balaban J connectivity index is 1.58. The van der Waals surface area contributed by atoms with Crippen LogP contribution < -0.4 is 9.03 Å². The van der Waals surface area contributed by atoms with E-state index in [0.29, 0.717) is 51.1 Å². The van der Waals surface area contributed by atoms with Crippen molar-refractivity contribution in [3.8, 4) is 0 Å². The molecule has 0 unspecified atom stereocenters. The van der Waals surface area contributed by atoms with Crippen LogP contribution in [0.1, 0.15) is 25.7 Å². The van der Waals surface area contributed by atoms with Crippen LogP contribution in [0.4, 0.5) is 10.5 Å². The van der Waals surface area contributed by atoms with E-state index in [2.05, 4.69) is 4.72 Å². The lowest BCUT2D eigenvalue weighted by atomic mass is 9.97. The Bertz CT molecular complexity index is 923. The Hall–Kier alpha value is -1.85. The first-order chi connectivity index (χ1) is 13.7. The lowest BCUT2D eigenvalue weighted by Crippen LogP contribution is -2.41. The monoisotopic (exact) mass is 445 g/mol. The molecule has 2 aliphatic heterocycles. The Morgan fingerprint density at radius 1 is 1.14 bits per heavy atom. The molecule has 0 aromatic heterocycles. The number of hydrogen-bond donors (Lipinski definition) is 1. The van der Waals surface area contributed by atoms with E-state index in [1.165, 1.54) is 35.7 Å². The van der Waals surface area contributed by atoms with E-state index in [-0.39, 0.29) is 22.7 Å². The zero-order valence-electron chi connectivity index (χ0n) is 16.4. The van der Waals surface area contributed by atoms with Crippen molar-refractivity contribution >= 4 is 31.8 Å². The van der Waals surface area contributed by atoms with Gasteiger partial charge >= 0.3 is 6.09 Å². The van der Waals surface area contributed by atoms with Crippen LogP contribution in [0, 0.1) is 5.92 Å². The molecule has 0 bridgehead atoms. The largest absolute Gasteiger partial charge is 0.453 e. The second kappa shape index (κ2) is 8.88. The van der Waals surface area contributed by atoms with Gasteiger partial charge in [-0.25, -0.2) is 26.4 Å². The number of carbonyl (C=O) groups excluding carboxylic acids is 1. The van der Waals surface area contributed by atoms with Gasteiger partial charge in [0.05, 0.1) is 23.4 Å². The van der Waals surface area contributed by atoms with Crippen molar-refractivity contribution in [2.45, 2.75) is 30.6 Å². The smallest absolute Gasteiger partial charge is 0.409 e. The van der Waals surface area contributed by atoms with E-state index >= 15 is 0 Å². The molecule has 1 amide bonds. The highest BCUT2D eigenvalue weighted by Gasteiger charge is 2.27. The van der Waals surface area contributed by atoms with Crippen LogP contribution in [0.5, 0.6) is 0 Å². The minimum absolute atomic E-state index is 0.0997. The highest BCUT2D eigenvalue weighted by molar-refractivity contribution is 7.92. The van der Waals surface area contributed by atoms with Crippen LogP contribution in [0.25, 0.3) is 0 Å². The Labute approximate surface area is 172 Å². The molecule has 11 heteroatoms. The number of anilines is 1. The molecule has 2 saturated heterocycles. The molecule has 3 rings (SSSR count). The molecule has 9 nitrogen and oxygen atoms in total. The number of methoxy groups -OCH3 is 1. The summed E-state index contributed by atoms with van der Waals surface area (Å²) in [5.41, 5.74) is 0.485. The zero-order chi connectivity index (χ0) is 21.1. The van der Waals surface area contributed by atoms with Gasteiger partial charge in [-0.2, -0.15) is 0 Å². The summed E-state index contributed by atoms with van der Waals surface area (Å²) in [4.78, 5) is 13.2. The standard InChI is InChI=1S/C18H27N3O6S2/c1-27-18(22)20-11-8-15(9-12-20)14-19-29(25,26)17-6-4-16(5-7-17)21-10-2-3-13-28(21,23)24/h4-7,15,19H,2-3,8-14H2,1H3. The zero-order valence-corrected chi connectivity index (χ0v) is 18.0. The molecule has 0 spiro atoms. The molecule has 0 saturated carbocycles. The van der Waals surface area contributed by atoms with Gasteiger partial charge in [0.2, 0.25) is 20.0 Å². The number of nitrogens with zero attached hydrogens (tertiary/aromatic N) is 2. The van der Waals surface area contributed by atoms with Crippen molar-refractivity contribution in [1.29, 1.82) is 0 Å². The summed E-state index contributed by atoms with van der Waals surface area (Å²) < 4.78 is 58.2. The van der Waals surface area contributed by atoms with Gasteiger partial charge in [-0.1, -0.05) is 0 Å². The van der Waals surface area contributed by atoms with Crippen molar-refractivity contribution < 1.29 is 26.4 Å². The van der Waals surface area contributed by atoms with Crippen LogP contribution in [-0.2, 0) is 24.8 Å². The first-order valence-corrected chi connectivity index (χ1v) is 12.8. The van der Waals surface area contributed by atoms with Crippen molar-refractivity contribution in [1.82, 2.24) is 9.62 Å². The predicted molar refractivity (Wildman–Crippen MR) is 109 cm³/mol. The second-order valence-corrected chi connectivity index (χ2v) is 11.1. The first kappa shape index (κ1) is 21.8. The number of piperidine rings is 1. The fraction of sp³-hybridized carbons (Fsp3) is 0.611. The van der Waals surface area contributed by atoms with E-state index < -0.39 is 20.0 Å². The average molecular weight is 446 g/mol. The minimum Gasteiger partial charge on any atom is -0.453 e. The first-order valence-electron chi connectivity index (χ1n) is 9.66. The van der Waals surface area contributed by atoms with Gasteiger partial charge < -0.3 is 9.64 Å². The van der Waals surface area contributed by atoms with Gasteiger partial charge in [0, 0.05) is 26.2 Å². The van der Waals surface area contributed by atoms with E-state index in [9.17, 15) is 21.6 Å². The molecule has 2 aliphatic rings. The molecule has 2 heterocycles. The maximum absolute atomic E-state index is 12.6. The van der Waals surface area contributed by atoms with E-state index in [0.717, 1.165) is 6.42 Å². The van der Waals surface area contributed by atoms with Gasteiger partial charge in [-0.05, 0) is 55.9 Å². The number of hydrogen-bond acceptors (Lipinski definition) is 6. The Morgan fingerprint density at radius 2 is 1.79 bits per heavy atom. The molecule has 0 aliphatic carbocycles. The molecule has 1 aromatic rings. The molecule has 0 atom stereocenters. The summed E-state index contributed by atoms with van der Waals surface area (Å²) in [6, 6.07) is 5.93. The lowest BCUT2D eigenvalue weighted by Gasteiger charge is -2.31. The van der Waals surface area contributed by atoms with Gasteiger partial charge in [-0.3, -0.25) is 4.31 Å². The molecule has 1 aromatic carbocycles. The lowest BCUT2D eigenvalue weighted by molar-refractivity contribution is 0.106. The average Bonchev–Trinajstić information content (AvgIpc) is 2.72. The summed E-state index contributed by atoms with van der Waals surface area (Å²) >= 11 is 0. The van der Waals surface area contributed by atoms with Crippen LogP contribution in [0.3, 0.4) is 0 Å². The second-order valence-electron chi connectivity index (χ2n) is 7.34. The third-order valence-corrected chi connectivity index (χ3v) is 8.70. The number of amides is 1. The molecule has 0 radical (unpaired) electrons. The van der Waals surface area contributed by atoms with Crippen LogP contribution in [-0.4, -0.2) is 66.9 Å². The quantitative estimate of drug-likeness (QED) is 0.732. The molecule has 162 valence electrons. The van der Waals surface area contributed by atoms with Crippen LogP contribution in [0.2, 0.25) is 0 Å². The Kier molecular flexibility index (Phi) is 6.69. The molecular formula is C18H27N3O6S2. The third kappa shape index (κ3) is 5.20. The van der Waals surface area contributed by atoms with Gasteiger partial charge in [0.25, 0.3) is 0 Å². The van der Waals surface area contributed by atoms with E-state index in [1.807, 2.05) is 0 Å². The maximum Gasteiger partial charge on any atom is 0.409 e. The topological polar surface area (TPSA) is 113 Å². The van der Waals surface area contributed by atoms with E-state index in [4.69, 9.17) is 4.74 Å². The van der Waals surface area contributed by atoms with Crippen molar-refractivity contribution in [2.24, 2.45) is 5.92 Å². The van der Waals surface area contributed by atoms with Gasteiger partial charge in [-0.15, -0.1) is 0 Å². The molecule has 2 fully saturated rings. The normalized spacial score (nSPS) is 20.4. The number of rotatable bonds is 5. The summed E-state index contributed by atoms with van der Waals surface area (Å²) in [6.45, 7) is 1.78. The number of carbonyl (C=O) groups is 1. The SMILES string of the molecule is COC(=O)N1CCC(CNS(=O)(=O)c2ccc(N3CCCCS3(=O)=O)cc2)CC1. The van der Waals surface area contributed by atoms with Crippen LogP contribution in [0.15, 0.2) is 29.2 Å². The number of benzene rings is 1. The fourth-order valence-corrected chi connectivity index (χ4v) is 6.39. The summed E-state index contributed by atoms with van der Waals surface area (Å²) in [5.74, 6) is 0.257. The maximum atomic E-state index is 12.6. The number of likely N-dealkylation sites (tertiary alicyclic amines) is 1. The minimum atomic E-state index is -3.69. The van der Waals surface area contributed by atoms with Crippen molar-refractivity contribution in [3.63, 3.8) is 0 Å². The van der Waals surface area contributed by atoms with Gasteiger partial charge in [0.15, 0.2) is 0 Å². The number of sulfonamides is 2. The summed E-state index contributed by atoms with van der Waals surface area (Å²) in [7, 11) is -5.68. The molecular weight excluding hydrogens is 418 g/mol. The van der Waals surface area contributed by atoms with E-state index in [1.54, 1.807) is 4.90 Å².